The molecule has 2 atom stereocenters. The van der Waals surface area contributed by atoms with Crippen LogP contribution in [0.5, 0.6) is 0 Å². The topological polar surface area (TPSA) is 41.1 Å². The van der Waals surface area contributed by atoms with E-state index in [9.17, 15) is 4.79 Å². The summed E-state index contributed by atoms with van der Waals surface area (Å²) in [6, 6.07) is 19.3. The molecule has 2 aromatic rings. The Morgan fingerprint density at radius 1 is 0.964 bits per heavy atom. The quantitative estimate of drug-likeness (QED) is 0.769. The zero-order chi connectivity index (χ0) is 19.2. The molecule has 4 aliphatic carbocycles. The van der Waals surface area contributed by atoms with Gasteiger partial charge in [-0.2, -0.15) is 0 Å². The van der Waals surface area contributed by atoms with Crippen molar-refractivity contribution < 1.29 is 4.79 Å². The predicted molar refractivity (Wildman–Crippen MR) is 112 cm³/mol. The Labute approximate surface area is 167 Å². The van der Waals surface area contributed by atoms with Crippen molar-refractivity contribution >= 4 is 6.03 Å². The fourth-order valence-corrected chi connectivity index (χ4v) is 6.72. The van der Waals surface area contributed by atoms with Crippen molar-refractivity contribution in [3.05, 3.63) is 71.3 Å². The van der Waals surface area contributed by atoms with E-state index in [2.05, 4.69) is 54.0 Å². The van der Waals surface area contributed by atoms with Gasteiger partial charge in [-0.3, -0.25) is 0 Å². The van der Waals surface area contributed by atoms with Crippen molar-refractivity contribution in [2.75, 3.05) is 0 Å². The molecular weight excluding hydrogens is 344 g/mol. The van der Waals surface area contributed by atoms with Crippen LogP contribution in [0.15, 0.2) is 54.6 Å². The summed E-state index contributed by atoms with van der Waals surface area (Å²) in [6.07, 6.45) is 7.33. The highest BCUT2D eigenvalue weighted by Gasteiger charge is 2.58. The van der Waals surface area contributed by atoms with E-state index in [1.807, 2.05) is 18.2 Å². The van der Waals surface area contributed by atoms with Crippen LogP contribution in [0, 0.1) is 18.8 Å². The third-order valence-corrected chi connectivity index (χ3v) is 7.40. The molecule has 0 radical (unpaired) electrons. The van der Waals surface area contributed by atoms with E-state index in [-0.39, 0.29) is 17.0 Å². The largest absolute Gasteiger partial charge is 0.334 e. The molecule has 2 N–H and O–H groups in total. The Morgan fingerprint density at radius 2 is 1.64 bits per heavy atom. The molecule has 146 valence electrons. The van der Waals surface area contributed by atoms with Crippen LogP contribution in [0.3, 0.4) is 0 Å². The summed E-state index contributed by atoms with van der Waals surface area (Å²) in [4.78, 5) is 12.8. The van der Waals surface area contributed by atoms with Crippen molar-refractivity contribution in [1.82, 2.24) is 10.6 Å². The number of aryl methyl sites for hydroxylation is 1. The second-order valence-corrected chi connectivity index (χ2v) is 9.68. The molecular formula is C25H30N2O. The van der Waals surface area contributed by atoms with Crippen molar-refractivity contribution in [3.8, 4) is 0 Å². The zero-order valence-corrected chi connectivity index (χ0v) is 16.7. The highest BCUT2D eigenvalue weighted by molar-refractivity contribution is 5.75. The summed E-state index contributed by atoms with van der Waals surface area (Å²) >= 11 is 0. The van der Waals surface area contributed by atoms with Crippen LogP contribution in [0.25, 0.3) is 0 Å². The summed E-state index contributed by atoms with van der Waals surface area (Å²) in [7, 11) is 0. The van der Waals surface area contributed by atoms with E-state index < -0.39 is 0 Å². The second-order valence-electron chi connectivity index (χ2n) is 9.68. The Kier molecular flexibility index (Phi) is 4.22. The molecule has 4 bridgehead atoms. The molecule has 28 heavy (non-hydrogen) atoms. The number of urea groups is 1. The average Bonchev–Trinajstić information content (AvgIpc) is 2.66. The monoisotopic (exact) mass is 374 g/mol. The van der Waals surface area contributed by atoms with Gasteiger partial charge in [0.25, 0.3) is 0 Å². The molecule has 4 fully saturated rings. The lowest BCUT2D eigenvalue weighted by Gasteiger charge is -2.62. The van der Waals surface area contributed by atoms with E-state index in [0.29, 0.717) is 6.54 Å². The van der Waals surface area contributed by atoms with Gasteiger partial charge in [-0.05, 0) is 73.8 Å². The van der Waals surface area contributed by atoms with Gasteiger partial charge in [0.15, 0.2) is 0 Å². The number of hydrogen-bond donors (Lipinski definition) is 2. The van der Waals surface area contributed by atoms with E-state index >= 15 is 0 Å². The first-order valence-electron chi connectivity index (χ1n) is 10.7. The Bertz CT molecular complexity index is 844. The average molecular weight is 375 g/mol. The van der Waals surface area contributed by atoms with Gasteiger partial charge in [0.05, 0.1) is 0 Å². The van der Waals surface area contributed by atoms with Gasteiger partial charge in [-0.1, -0.05) is 60.2 Å². The maximum Gasteiger partial charge on any atom is 0.315 e. The van der Waals surface area contributed by atoms with E-state index in [4.69, 9.17) is 0 Å². The Hall–Kier alpha value is -2.29. The van der Waals surface area contributed by atoms with Gasteiger partial charge < -0.3 is 10.6 Å². The molecule has 2 amide bonds. The van der Waals surface area contributed by atoms with Gasteiger partial charge in [0, 0.05) is 12.1 Å². The van der Waals surface area contributed by atoms with Crippen LogP contribution < -0.4 is 10.6 Å². The van der Waals surface area contributed by atoms with Crippen LogP contribution in [-0.2, 0) is 12.0 Å². The fraction of sp³-hybridized carbons (Fsp3) is 0.480. The van der Waals surface area contributed by atoms with Crippen molar-refractivity contribution in [2.45, 2.75) is 62.9 Å². The first kappa shape index (κ1) is 17.8. The predicted octanol–water partition coefficient (Wildman–Crippen LogP) is 5.08. The molecule has 0 saturated heterocycles. The molecule has 0 aromatic heterocycles. The molecule has 3 heteroatoms. The molecule has 2 unspecified atom stereocenters. The number of carbonyl (C=O) groups is 1. The zero-order valence-electron chi connectivity index (χ0n) is 16.7. The Morgan fingerprint density at radius 3 is 2.32 bits per heavy atom. The number of carbonyl (C=O) groups excluding carboxylic acids is 1. The minimum absolute atomic E-state index is 0.00939. The van der Waals surface area contributed by atoms with E-state index in [1.54, 1.807) is 0 Å². The third kappa shape index (κ3) is 3.21. The first-order valence-corrected chi connectivity index (χ1v) is 10.7. The number of benzene rings is 2. The summed E-state index contributed by atoms with van der Waals surface area (Å²) in [6.45, 7) is 2.74. The lowest BCUT2D eigenvalue weighted by Crippen LogP contribution is -2.65. The van der Waals surface area contributed by atoms with Gasteiger partial charge in [-0.25, -0.2) is 4.79 Å². The van der Waals surface area contributed by atoms with Crippen LogP contribution in [0.2, 0.25) is 0 Å². The molecule has 2 aromatic carbocycles. The van der Waals surface area contributed by atoms with Gasteiger partial charge in [-0.15, -0.1) is 0 Å². The van der Waals surface area contributed by atoms with Crippen molar-refractivity contribution in [1.29, 1.82) is 0 Å². The smallest absolute Gasteiger partial charge is 0.315 e. The highest BCUT2D eigenvalue weighted by Crippen LogP contribution is 2.62. The lowest BCUT2D eigenvalue weighted by atomic mass is 9.45. The summed E-state index contributed by atoms with van der Waals surface area (Å²) in [5.41, 5.74) is 4.17. The van der Waals surface area contributed by atoms with Crippen molar-refractivity contribution in [3.63, 3.8) is 0 Å². The third-order valence-electron chi connectivity index (χ3n) is 7.40. The number of rotatable bonds is 4. The molecule has 0 heterocycles. The first-order chi connectivity index (χ1) is 13.5. The number of nitrogens with one attached hydrogen (secondary N) is 2. The van der Waals surface area contributed by atoms with E-state index in [0.717, 1.165) is 36.7 Å². The Balaban J connectivity index is 1.33. The summed E-state index contributed by atoms with van der Waals surface area (Å²) in [5, 5.41) is 6.53. The maximum absolute atomic E-state index is 12.8. The van der Waals surface area contributed by atoms with Crippen molar-refractivity contribution in [2.24, 2.45) is 11.8 Å². The summed E-state index contributed by atoms with van der Waals surface area (Å²) in [5.74, 6) is 1.49. The molecule has 4 aliphatic rings. The van der Waals surface area contributed by atoms with Gasteiger partial charge in [0.1, 0.15) is 0 Å². The number of amides is 2. The van der Waals surface area contributed by atoms with Crippen LogP contribution >= 0.6 is 0 Å². The van der Waals surface area contributed by atoms with Gasteiger partial charge in [0.2, 0.25) is 0 Å². The number of hydrogen-bond acceptors (Lipinski definition) is 1. The van der Waals surface area contributed by atoms with Crippen LogP contribution in [-0.4, -0.2) is 11.6 Å². The lowest BCUT2D eigenvalue weighted by molar-refractivity contribution is -0.0350. The van der Waals surface area contributed by atoms with Crippen LogP contribution in [0.4, 0.5) is 4.79 Å². The molecule has 6 rings (SSSR count). The summed E-state index contributed by atoms with van der Waals surface area (Å²) < 4.78 is 0. The van der Waals surface area contributed by atoms with Gasteiger partial charge >= 0.3 is 6.03 Å². The van der Waals surface area contributed by atoms with E-state index in [1.165, 1.54) is 30.4 Å². The highest BCUT2D eigenvalue weighted by atomic mass is 16.2. The standard InChI is InChI=1S/C25H30N2O/c1-18-7-9-22(10-8-18)24-12-20-11-21(13-24)15-25(14-20,17-24)27-23(28)26-16-19-5-3-2-4-6-19/h2-10,20-21H,11-17H2,1H3,(H2,26,27,28). The maximum atomic E-state index is 12.8. The molecule has 4 saturated carbocycles. The molecule has 0 spiro atoms. The molecule has 0 aliphatic heterocycles. The molecule has 3 nitrogen and oxygen atoms in total. The SMILES string of the molecule is Cc1ccc(C23CC4CC(CC(NC(=O)NCc5ccccc5)(C4)C2)C3)cc1. The fourth-order valence-electron chi connectivity index (χ4n) is 6.72. The van der Waals surface area contributed by atoms with Crippen LogP contribution in [0.1, 0.15) is 55.2 Å². The minimum atomic E-state index is -0.0320. The normalized spacial score (nSPS) is 32.9. The minimum Gasteiger partial charge on any atom is -0.334 e. The second kappa shape index (κ2) is 6.65.